The molecule has 1 fully saturated rings. The minimum Gasteiger partial charge on any atom is -0.496 e. The van der Waals surface area contributed by atoms with Crippen LogP contribution in [0.3, 0.4) is 0 Å². The van der Waals surface area contributed by atoms with Crippen molar-refractivity contribution >= 4 is 33.7 Å². The lowest BCUT2D eigenvalue weighted by molar-refractivity contribution is -0.129. The molecular weight excluding hydrogens is 512 g/mol. The Balaban J connectivity index is 1.76. The summed E-state index contributed by atoms with van der Waals surface area (Å²) in [6.45, 7) is 1.95. The van der Waals surface area contributed by atoms with Crippen molar-refractivity contribution in [1.82, 2.24) is 19.0 Å². The lowest BCUT2D eigenvalue weighted by atomic mass is 10.1. The predicted molar refractivity (Wildman–Crippen MR) is 140 cm³/mol. The molecule has 4 aromatic rings. The lowest BCUT2D eigenvalue weighted by Gasteiger charge is -2.22. The number of oxazole rings is 1. The fourth-order valence-electron chi connectivity index (χ4n) is 4.88. The Hall–Kier alpha value is -4.03. The van der Waals surface area contributed by atoms with Crippen molar-refractivity contribution in [3.05, 3.63) is 68.7 Å². The summed E-state index contributed by atoms with van der Waals surface area (Å²) in [6.07, 6.45) is 3.14. The number of para-hydroxylation sites is 1. The van der Waals surface area contributed by atoms with E-state index in [9.17, 15) is 19.2 Å². The van der Waals surface area contributed by atoms with Gasteiger partial charge in [-0.15, -0.1) is 11.3 Å². The summed E-state index contributed by atoms with van der Waals surface area (Å²) in [5, 5.41) is 0.305. The summed E-state index contributed by atoms with van der Waals surface area (Å²) in [4.78, 5) is 58.7. The molecule has 1 unspecified atom stereocenters. The number of hydrogen-bond donors (Lipinski definition) is 0. The highest BCUT2D eigenvalue weighted by molar-refractivity contribution is 7.22. The number of carbonyl (C=O) groups excluding carboxylic acids is 2. The van der Waals surface area contributed by atoms with E-state index in [1.165, 1.54) is 40.4 Å². The van der Waals surface area contributed by atoms with Gasteiger partial charge in [0.15, 0.2) is 0 Å². The van der Waals surface area contributed by atoms with Gasteiger partial charge in [0.2, 0.25) is 11.8 Å². The molecule has 1 aliphatic heterocycles. The van der Waals surface area contributed by atoms with E-state index in [2.05, 4.69) is 4.98 Å². The van der Waals surface area contributed by atoms with Crippen molar-refractivity contribution in [2.24, 2.45) is 0 Å². The van der Waals surface area contributed by atoms with Gasteiger partial charge in [-0.05, 0) is 25.0 Å². The molecule has 0 radical (unpaired) electrons. The molecule has 12 heteroatoms. The number of carbonyl (C=O) groups is 2. The van der Waals surface area contributed by atoms with Gasteiger partial charge in [0.05, 0.1) is 30.1 Å². The molecule has 0 aliphatic carbocycles. The lowest BCUT2D eigenvalue weighted by Crippen LogP contribution is -2.44. The average molecular weight is 539 g/mol. The van der Waals surface area contributed by atoms with E-state index in [1.54, 1.807) is 38.2 Å². The molecule has 3 aromatic heterocycles. The number of aromatic nitrogens is 3. The second-order valence-corrected chi connectivity index (χ2v) is 9.94. The molecule has 5 rings (SSSR count). The summed E-state index contributed by atoms with van der Waals surface area (Å²) in [6, 6.07) is 6.24. The van der Waals surface area contributed by atoms with Crippen LogP contribution in [0.4, 0.5) is 0 Å². The quantitative estimate of drug-likeness (QED) is 0.298. The second-order valence-electron chi connectivity index (χ2n) is 8.94. The van der Waals surface area contributed by atoms with Crippen LogP contribution in [0.15, 0.2) is 50.7 Å². The van der Waals surface area contributed by atoms with Crippen LogP contribution in [-0.4, -0.2) is 58.5 Å². The van der Waals surface area contributed by atoms with E-state index in [4.69, 9.17) is 13.9 Å². The minimum atomic E-state index is -0.916. The fourth-order valence-corrected chi connectivity index (χ4v) is 6.12. The van der Waals surface area contributed by atoms with Gasteiger partial charge in [-0.3, -0.25) is 14.2 Å². The molecule has 198 valence electrons. The second kappa shape index (κ2) is 10.4. The molecule has 0 saturated carbocycles. The maximum atomic E-state index is 14.0. The van der Waals surface area contributed by atoms with Crippen LogP contribution in [0.2, 0.25) is 0 Å². The highest BCUT2D eigenvalue weighted by atomic mass is 32.1. The van der Waals surface area contributed by atoms with E-state index < -0.39 is 23.4 Å². The Bertz CT molecular complexity index is 1620. The number of aldehydes is 1. The zero-order valence-electron chi connectivity index (χ0n) is 21.1. The summed E-state index contributed by atoms with van der Waals surface area (Å²) in [5.41, 5.74) is 0.0593. The third-order valence-corrected chi connectivity index (χ3v) is 8.08. The largest absolute Gasteiger partial charge is 0.496 e. The van der Waals surface area contributed by atoms with Crippen molar-refractivity contribution in [3.63, 3.8) is 0 Å². The van der Waals surface area contributed by atoms with Gasteiger partial charge < -0.3 is 23.6 Å². The summed E-state index contributed by atoms with van der Waals surface area (Å²) < 4.78 is 19.4. The maximum Gasteiger partial charge on any atom is 0.332 e. The number of thiophene rings is 1. The Morgan fingerprint density at radius 3 is 2.71 bits per heavy atom. The number of benzene rings is 1. The Labute approximate surface area is 220 Å². The molecule has 0 spiro atoms. The first-order valence-electron chi connectivity index (χ1n) is 12.0. The molecule has 1 saturated heterocycles. The summed E-state index contributed by atoms with van der Waals surface area (Å²) >= 11 is 1.20. The van der Waals surface area contributed by atoms with Gasteiger partial charge in [-0.25, -0.2) is 14.3 Å². The van der Waals surface area contributed by atoms with Gasteiger partial charge in [0, 0.05) is 19.2 Å². The van der Waals surface area contributed by atoms with Crippen molar-refractivity contribution in [2.45, 2.75) is 32.0 Å². The molecule has 38 heavy (non-hydrogen) atoms. The number of fused-ring (bicyclic) bond motifs is 1. The smallest absolute Gasteiger partial charge is 0.332 e. The SMILES string of the molecule is COc1ccccc1[C@H](Cn1c(=O)n(C2CCN(C)C2=O)c(=O)c2c(C)c(-c3ncco3)sc21)OCC=O. The fraction of sp³-hybridized carbons (Fsp3) is 0.346. The number of rotatable bonds is 9. The maximum absolute atomic E-state index is 14.0. The van der Waals surface area contributed by atoms with Crippen LogP contribution in [0, 0.1) is 6.92 Å². The number of likely N-dealkylation sites (tertiary alicyclic amines) is 1. The zero-order valence-corrected chi connectivity index (χ0v) is 21.9. The van der Waals surface area contributed by atoms with Gasteiger partial charge in [-0.2, -0.15) is 0 Å². The standard InChI is InChI=1S/C26H26N4O7S/c1-15-20-24(33)30(17-8-10-28(2)23(17)32)26(34)29(25(20)38-21(15)22-27-9-12-37-22)14-19(36-13-11-31)16-6-4-5-7-18(16)35-3/h4-7,9,11-12,17,19H,8,10,13-14H2,1-3H3/t17?,19-/m0/s1. The van der Waals surface area contributed by atoms with Gasteiger partial charge >= 0.3 is 5.69 Å². The van der Waals surface area contributed by atoms with Crippen LogP contribution >= 0.6 is 11.3 Å². The minimum absolute atomic E-state index is 0.0362. The number of aryl methyl sites for hydroxylation is 1. The number of likely N-dealkylation sites (N-methyl/N-ethyl adjacent to an activating group) is 1. The average Bonchev–Trinajstić information content (AvgIpc) is 3.65. The van der Waals surface area contributed by atoms with Crippen LogP contribution in [0.1, 0.15) is 29.7 Å². The van der Waals surface area contributed by atoms with E-state index in [-0.39, 0.29) is 19.1 Å². The molecule has 1 aromatic carbocycles. The number of methoxy groups -OCH3 is 1. The first kappa shape index (κ1) is 25.6. The highest BCUT2D eigenvalue weighted by Gasteiger charge is 2.35. The molecule has 4 heterocycles. The normalized spacial score (nSPS) is 16.3. The Morgan fingerprint density at radius 2 is 2.05 bits per heavy atom. The Kier molecular flexibility index (Phi) is 7.00. The van der Waals surface area contributed by atoms with E-state index in [0.29, 0.717) is 57.1 Å². The number of ether oxygens (including phenoxy) is 2. The van der Waals surface area contributed by atoms with Crippen molar-refractivity contribution in [1.29, 1.82) is 0 Å². The van der Waals surface area contributed by atoms with E-state index >= 15 is 0 Å². The van der Waals surface area contributed by atoms with Crippen LogP contribution in [0.25, 0.3) is 21.0 Å². The van der Waals surface area contributed by atoms with Crippen LogP contribution in [0.5, 0.6) is 5.75 Å². The summed E-state index contributed by atoms with van der Waals surface area (Å²) in [5.74, 6) is 0.551. The topological polar surface area (TPSA) is 126 Å². The highest BCUT2D eigenvalue weighted by Crippen LogP contribution is 2.37. The van der Waals surface area contributed by atoms with Gasteiger partial charge in [0.25, 0.3) is 5.56 Å². The van der Waals surface area contributed by atoms with Gasteiger partial charge in [0.1, 0.15) is 41.9 Å². The molecule has 0 bridgehead atoms. The number of nitrogens with zero attached hydrogens (tertiary/aromatic N) is 4. The van der Waals surface area contributed by atoms with Crippen LogP contribution in [-0.2, 0) is 20.9 Å². The molecule has 1 aliphatic rings. The van der Waals surface area contributed by atoms with E-state index in [0.717, 1.165) is 4.57 Å². The molecule has 2 atom stereocenters. The monoisotopic (exact) mass is 538 g/mol. The first-order chi connectivity index (χ1) is 18.4. The predicted octanol–water partition coefficient (Wildman–Crippen LogP) is 2.56. The molecule has 0 N–H and O–H groups in total. The molecule has 11 nitrogen and oxygen atoms in total. The Morgan fingerprint density at radius 1 is 1.26 bits per heavy atom. The molecule has 1 amide bonds. The van der Waals surface area contributed by atoms with Crippen LogP contribution < -0.4 is 16.0 Å². The van der Waals surface area contributed by atoms with Crippen molar-refractivity contribution in [2.75, 3.05) is 27.3 Å². The summed E-state index contributed by atoms with van der Waals surface area (Å²) in [7, 11) is 3.17. The molecular formula is C26H26N4O7S. The third kappa shape index (κ3) is 4.25. The number of amides is 1. The van der Waals surface area contributed by atoms with Crippen molar-refractivity contribution < 1.29 is 23.5 Å². The van der Waals surface area contributed by atoms with Crippen molar-refractivity contribution in [3.8, 4) is 16.5 Å². The van der Waals surface area contributed by atoms with E-state index in [1.807, 2.05) is 0 Å². The third-order valence-electron chi connectivity index (χ3n) is 6.78. The number of hydrogen-bond acceptors (Lipinski definition) is 9. The zero-order chi connectivity index (χ0) is 27.0. The first-order valence-corrected chi connectivity index (χ1v) is 12.8. The van der Waals surface area contributed by atoms with Gasteiger partial charge in [-0.1, -0.05) is 18.2 Å².